The van der Waals surface area contributed by atoms with E-state index in [0.717, 1.165) is 24.9 Å². The molecule has 17 heavy (non-hydrogen) atoms. The molecular weight excluding hydrogens is 212 g/mol. The zero-order valence-electron chi connectivity index (χ0n) is 9.84. The lowest BCUT2D eigenvalue weighted by Gasteiger charge is -2.31. The molecule has 0 amide bonds. The Morgan fingerprint density at radius 3 is 2.65 bits per heavy atom. The van der Waals surface area contributed by atoms with E-state index in [-0.39, 0.29) is 12.0 Å². The number of aliphatic hydroxyl groups excluding tert-OH is 1. The van der Waals surface area contributed by atoms with Gasteiger partial charge in [-0.15, -0.1) is 0 Å². The lowest BCUT2D eigenvalue weighted by Crippen LogP contribution is -2.37. The van der Waals surface area contributed by atoms with Crippen LogP contribution in [0.15, 0.2) is 30.3 Å². The smallest absolute Gasteiger partial charge is 0.0837 e. The first kappa shape index (κ1) is 12.1. The van der Waals surface area contributed by atoms with Crippen LogP contribution in [-0.2, 0) is 0 Å². The van der Waals surface area contributed by atoms with Crippen molar-refractivity contribution >= 4 is 0 Å². The summed E-state index contributed by atoms with van der Waals surface area (Å²) < 4.78 is 0. The van der Waals surface area contributed by atoms with Gasteiger partial charge in [-0.25, -0.2) is 0 Å². The molecule has 0 saturated heterocycles. The third-order valence-electron chi connectivity index (χ3n) is 3.35. The molecular formula is C14H18N2O. The van der Waals surface area contributed by atoms with Gasteiger partial charge in [0.25, 0.3) is 0 Å². The predicted octanol–water partition coefficient (Wildman–Crippen LogP) is 1.65. The van der Waals surface area contributed by atoms with Crippen LogP contribution in [0, 0.1) is 17.2 Å². The minimum atomic E-state index is -0.0947. The largest absolute Gasteiger partial charge is 0.393 e. The Morgan fingerprint density at radius 1 is 1.35 bits per heavy atom. The summed E-state index contributed by atoms with van der Waals surface area (Å²) in [4.78, 5) is 0. The van der Waals surface area contributed by atoms with Crippen LogP contribution in [0.4, 0.5) is 0 Å². The maximum Gasteiger partial charge on any atom is 0.0837 e. The number of hydrogen-bond donors (Lipinski definition) is 2. The van der Waals surface area contributed by atoms with Gasteiger partial charge in [0, 0.05) is 6.54 Å². The summed E-state index contributed by atoms with van der Waals surface area (Å²) in [6.07, 6.45) is 1.70. The monoisotopic (exact) mass is 230 g/mol. The number of nitrogens with zero attached hydrogens (tertiary/aromatic N) is 1. The topological polar surface area (TPSA) is 56.0 Å². The van der Waals surface area contributed by atoms with Gasteiger partial charge in [-0.2, -0.15) is 5.26 Å². The van der Waals surface area contributed by atoms with Gasteiger partial charge in [0.05, 0.1) is 18.1 Å². The number of hydrogen-bond acceptors (Lipinski definition) is 3. The molecule has 90 valence electrons. The Bertz CT molecular complexity index is 379. The fourth-order valence-corrected chi connectivity index (χ4v) is 2.22. The minimum Gasteiger partial charge on any atom is -0.393 e. The van der Waals surface area contributed by atoms with Gasteiger partial charge in [-0.05, 0) is 30.9 Å². The summed E-state index contributed by atoms with van der Waals surface area (Å²) in [5, 5.41) is 21.6. The van der Waals surface area contributed by atoms with Gasteiger partial charge in [0.1, 0.15) is 0 Å². The van der Waals surface area contributed by atoms with Crippen LogP contribution in [0.25, 0.3) is 0 Å². The molecule has 3 nitrogen and oxygen atoms in total. The molecule has 0 aliphatic heterocycles. The molecule has 1 fully saturated rings. The van der Waals surface area contributed by atoms with Crippen molar-refractivity contribution in [2.24, 2.45) is 5.92 Å². The van der Waals surface area contributed by atoms with Crippen molar-refractivity contribution in [3.63, 3.8) is 0 Å². The highest BCUT2D eigenvalue weighted by Crippen LogP contribution is 2.26. The molecule has 1 unspecified atom stereocenters. The fourth-order valence-electron chi connectivity index (χ4n) is 2.22. The van der Waals surface area contributed by atoms with Gasteiger partial charge < -0.3 is 10.4 Å². The van der Waals surface area contributed by atoms with Crippen LogP contribution in [0.3, 0.4) is 0 Å². The lowest BCUT2D eigenvalue weighted by molar-refractivity contribution is 0.0431. The van der Waals surface area contributed by atoms with Gasteiger partial charge in [0.15, 0.2) is 0 Å². The Balaban J connectivity index is 1.75. The van der Waals surface area contributed by atoms with E-state index in [2.05, 4.69) is 11.4 Å². The first-order valence-corrected chi connectivity index (χ1v) is 6.13. The van der Waals surface area contributed by atoms with Crippen molar-refractivity contribution < 1.29 is 5.11 Å². The van der Waals surface area contributed by atoms with Crippen LogP contribution in [-0.4, -0.2) is 24.3 Å². The fraction of sp³-hybridized carbons (Fsp3) is 0.500. The molecule has 3 heteroatoms. The minimum absolute atomic E-state index is 0.0822. The second-order valence-corrected chi connectivity index (χ2v) is 4.74. The van der Waals surface area contributed by atoms with E-state index < -0.39 is 0 Å². The van der Waals surface area contributed by atoms with Crippen LogP contribution >= 0.6 is 0 Å². The third kappa shape index (κ3) is 3.29. The molecule has 1 aliphatic carbocycles. The summed E-state index contributed by atoms with van der Waals surface area (Å²) in [5.74, 6) is 0.501. The molecule has 0 aromatic heterocycles. The molecule has 0 bridgehead atoms. The molecule has 0 heterocycles. The summed E-state index contributed by atoms with van der Waals surface area (Å²) in [6.45, 7) is 1.59. The SMILES string of the molecule is N#CC(CNCC1CC(O)C1)c1ccccc1. The summed E-state index contributed by atoms with van der Waals surface area (Å²) in [6, 6.07) is 12.2. The highest BCUT2D eigenvalue weighted by Gasteiger charge is 2.26. The maximum atomic E-state index is 9.17. The van der Waals surface area contributed by atoms with E-state index in [1.165, 1.54) is 0 Å². The molecule has 0 radical (unpaired) electrons. The average molecular weight is 230 g/mol. The normalized spacial score (nSPS) is 24.7. The highest BCUT2D eigenvalue weighted by atomic mass is 16.3. The summed E-state index contributed by atoms with van der Waals surface area (Å²) in [7, 11) is 0. The van der Waals surface area contributed by atoms with E-state index in [1.54, 1.807) is 0 Å². The number of rotatable bonds is 5. The molecule has 1 saturated carbocycles. The molecule has 1 aromatic rings. The van der Waals surface area contributed by atoms with E-state index in [1.807, 2.05) is 30.3 Å². The second-order valence-electron chi connectivity index (χ2n) is 4.74. The highest BCUT2D eigenvalue weighted by molar-refractivity contribution is 5.24. The van der Waals surface area contributed by atoms with Gasteiger partial charge in [-0.3, -0.25) is 0 Å². The Kier molecular flexibility index (Phi) is 4.13. The second kappa shape index (κ2) is 5.81. The van der Waals surface area contributed by atoms with Crippen molar-refractivity contribution in [1.82, 2.24) is 5.32 Å². The molecule has 1 atom stereocenters. The number of benzene rings is 1. The molecule has 1 aromatic carbocycles. The molecule has 2 rings (SSSR count). The van der Waals surface area contributed by atoms with Gasteiger partial charge in [-0.1, -0.05) is 30.3 Å². The predicted molar refractivity (Wildman–Crippen MR) is 66.4 cm³/mol. The Hall–Kier alpha value is -1.37. The zero-order chi connectivity index (χ0) is 12.1. The van der Waals surface area contributed by atoms with Crippen molar-refractivity contribution in [3.05, 3.63) is 35.9 Å². The zero-order valence-corrected chi connectivity index (χ0v) is 9.84. The van der Waals surface area contributed by atoms with E-state index in [9.17, 15) is 5.11 Å². The first-order valence-electron chi connectivity index (χ1n) is 6.13. The molecule has 0 spiro atoms. The molecule has 1 aliphatic rings. The summed E-state index contributed by atoms with van der Waals surface area (Å²) in [5.41, 5.74) is 1.07. The standard InChI is InChI=1S/C14H18N2O/c15-8-13(12-4-2-1-3-5-12)10-16-9-11-6-14(17)7-11/h1-5,11,13-14,16-17H,6-7,9-10H2. The third-order valence-corrected chi connectivity index (χ3v) is 3.35. The number of nitriles is 1. The quantitative estimate of drug-likeness (QED) is 0.808. The van der Waals surface area contributed by atoms with Crippen LogP contribution in [0.2, 0.25) is 0 Å². The van der Waals surface area contributed by atoms with E-state index in [4.69, 9.17) is 5.26 Å². The summed E-state index contributed by atoms with van der Waals surface area (Å²) >= 11 is 0. The lowest BCUT2D eigenvalue weighted by atomic mass is 9.82. The Morgan fingerprint density at radius 2 is 2.06 bits per heavy atom. The van der Waals surface area contributed by atoms with Crippen molar-refractivity contribution in [1.29, 1.82) is 5.26 Å². The maximum absolute atomic E-state index is 9.17. The van der Waals surface area contributed by atoms with Crippen molar-refractivity contribution in [2.45, 2.75) is 24.9 Å². The Labute approximate surface area is 102 Å². The number of aliphatic hydroxyl groups is 1. The first-order chi connectivity index (χ1) is 8.29. The van der Waals surface area contributed by atoms with Crippen molar-refractivity contribution in [3.8, 4) is 6.07 Å². The van der Waals surface area contributed by atoms with Gasteiger partial charge >= 0.3 is 0 Å². The van der Waals surface area contributed by atoms with Crippen LogP contribution in [0.1, 0.15) is 24.3 Å². The van der Waals surface area contributed by atoms with E-state index >= 15 is 0 Å². The van der Waals surface area contributed by atoms with Gasteiger partial charge in [0.2, 0.25) is 0 Å². The van der Waals surface area contributed by atoms with E-state index in [0.29, 0.717) is 12.5 Å². The number of nitrogens with one attached hydrogen (secondary N) is 1. The molecule has 2 N–H and O–H groups in total. The van der Waals surface area contributed by atoms with Crippen molar-refractivity contribution in [2.75, 3.05) is 13.1 Å². The van der Waals surface area contributed by atoms with Crippen LogP contribution in [0.5, 0.6) is 0 Å². The van der Waals surface area contributed by atoms with Crippen LogP contribution < -0.4 is 5.32 Å². The average Bonchev–Trinajstić information content (AvgIpc) is 2.33.